The summed E-state index contributed by atoms with van der Waals surface area (Å²) in [5.74, 6) is -0.552. The first-order valence-electron chi connectivity index (χ1n) is 15.8. The number of aryl methyl sites for hydroxylation is 2. The fourth-order valence-corrected chi connectivity index (χ4v) is 5.21. The molecule has 43 heavy (non-hydrogen) atoms. The van der Waals surface area contributed by atoms with Gasteiger partial charge in [-0.1, -0.05) is 98.7 Å². The molecule has 2 aromatic carbocycles. The van der Waals surface area contributed by atoms with Crippen molar-refractivity contribution in [1.29, 1.82) is 0 Å². The molecule has 0 radical (unpaired) electrons. The average molecular weight is 594 g/mol. The number of alkyl carbamates (subject to hydrolysis) is 1. The topological polar surface area (TPSA) is 87.7 Å². The van der Waals surface area contributed by atoms with Gasteiger partial charge in [-0.05, 0) is 72.9 Å². The van der Waals surface area contributed by atoms with Crippen molar-refractivity contribution in [3.8, 4) is 0 Å². The summed E-state index contributed by atoms with van der Waals surface area (Å²) >= 11 is 0. The molecule has 0 fully saturated rings. The summed E-state index contributed by atoms with van der Waals surface area (Å²) in [6, 6.07) is 13.8. The van der Waals surface area contributed by atoms with Crippen LogP contribution in [0.5, 0.6) is 0 Å². The van der Waals surface area contributed by atoms with E-state index < -0.39 is 29.3 Å². The minimum Gasteiger partial charge on any atom is -0.444 e. The third-order valence-corrected chi connectivity index (χ3v) is 6.93. The molecule has 0 saturated carbocycles. The average Bonchev–Trinajstić information content (AvgIpc) is 2.87. The van der Waals surface area contributed by atoms with Gasteiger partial charge in [0.2, 0.25) is 11.8 Å². The van der Waals surface area contributed by atoms with Gasteiger partial charge in [-0.2, -0.15) is 0 Å². The number of nitrogens with one attached hydrogen (secondary N) is 2. The van der Waals surface area contributed by atoms with Crippen LogP contribution in [0.2, 0.25) is 0 Å². The number of amides is 3. The van der Waals surface area contributed by atoms with Gasteiger partial charge in [-0.15, -0.1) is 0 Å². The first-order chi connectivity index (χ1) is 20.1. The predicted molar refractivity (Wildman–Crippen MR) is 175 cm³/mol. The van der Waals surface area contributed by atoms with Crippen molar-refractivity contribution >= 4 is 17.9 Å². The lowest BCUT2D eigenvalue weighted by molar-refractivity contribution is -0.143. The fourth-order valence-electron chi connectivity index (χ4n) is 5.21. The third-order valence-electron chi connectivity index (χ3n) is 6.93. The van der Waals surface area contributed by atoms with E-state index in [0.717, 1.165) is 54.4 Å². The first-order valence-corrected chi connectivity index (χ1v) is 15.8. The highest BCUT2D eigenvalue weighted by Crippen LogP contribution is 2.27. The Kier molecular flexibility index (Phi) is 13.7. The standard InChI is InChI=1S/C36H55N3O4/c1-10-11-12-13-14-18-21-39(31(32(40)38-35(4,5)6)29-23-26(2)22-27(3)24-29)33(41)30(25-28-19-16-15-17-20-28)37-34(42)43-36(7,8)9/h15-17,19-20,22-24,30-31H,10-14,18,21,25H2,1-9H3,(H,37,42)(H,38,40). The van der Waals surface area contributed by atoms with Crippen molar-refractivity contribution < 1.29 is 19.1 Å². The number of carbonyl (C=O) groups excluding carboxylic acids is 3. The Labute approximate surface area is 260 Å². The molecule has 7 heteroatoms. The number of carbonyl (C=O) groups is 3. The number of ether oxygens (including phenoxy) is 1. The van der Waals surface area contributed by atoms with Crippen molar-refractivity contribution in [2.24, 2.45) is 0 Å². The SMILES string of the molecule is CCCCCCCCN(C(=O)C(Cc1ccccc1)NC(=O)OC(C)(C)C)C(C(=O)NC(C)(C)C)c1cc(C)cc(C)c1. The Morgan fingerprint density at radius 3 is 1.98 bits per heavy atom. The number of hydrogen-bond donors (Lipinski definition) is 2. The Balaban J connectivity index is 2.58. The molecule has 0 aliphatic rings. The van der Waals surface area contributed by atoms with E-state index in [4.69, 9.17) is 4.74 Å². The van der Waals surface area contributed by atoms with Gasteiger partial charge < -0.3 is 20.3 Å². The molecule has 0 aliphatic heterocycles. The molecule has 2 N–H and O–H groups in total. The molecule has 0 spiro atoms. The first kappa shape index (κ1) is 35.8. The van der Waals surface area contributed by atoms with E-state index in [1.165, 1.54) is 6.42 Å². The molecule has 7 nitrogen and oxygen atoms in total. The highest BCUT2D eigenvalue weighted by Gasteiger charge is 2.37. The molecule has 0 bridgehead atoms. The van der Waals surface area contributed by atoms with Crippen LogP contribution < -0.4 is 10.6 Å². The molecule has 0 aromatic heterocycles. The van der Waals surface area contributed by atoms with Gasteiger partial charge in [-0.3, -0.25) is 9.59 Å². The number of rotatable bonds is 14. The summed E-state index contributed by atoms with van der Waals surface area (Å²) in [6.45, 7) is 17.8. The largest absolute Gasteiger partial charge is 0.444 e. The number of nitrogens with zero attached hydrogens (tertiary/aromatic N) is 1. The van der Waals surface area contributed by atoms with Gasteiger partial charge in [0, 0.05) is 18.5 Å². The smallest absolute Gasteiger partial charge is 0.408 e. The van der Waals surface area contributed by atoms with Gasteiger partial charge in [0.05, 0.1) is 0 Å². The van der Waals surface area contributed by atoms with Crippen LogP contribution in [0.1, 0.15) is 115 Å². The predicted octanol–water partition coefficient (Wildman–Crippen LogP) is 7.58. The summed E-state index contributed by atoms with van der Waals surface area (Å²) in [6.07, 6.45) is 5.87. The maximum absolute atomic E-state index is 14.6. The molecule has 238 valence electrons. The monoisotopic (exact) mass is 593 g/mol. The van der Waals surface area contributed by atoms with Crippen molar-refractivity contribution in [2.75, 3.05) is 6.54 Å². The lowest BCUT2D eigenvalue weighted by Crippen LogP contribution is -2.55. The summed E-state index contributed by atoms with van der Waals surface area (Å²) in [5.41, 5.74) is 2.47. The second-order valence-electron chi connectivity index (χ2n) is 13.8. The lowest BCUT2D eigenvalue weighted by atomic mass is 9.96. The van der Waals surface area contributed by atoms with E-state index in [1.54, 1.807) is 25.7 Å². The molecular formula is C36H55N3O4. The van der Waals surface area contributed by atoms with E-state index in [9.17, 15) is 14.4 Å². The van der Waals surface area contributed by atoms with Crippen LogP contribution in [0.15, 0.2) is 48.5 Å². The zero-order chi connectivity index (χ0) is 32.2. The summed E-state index contributed by atoms with van der Waals surface area (Å²) in [7, 11) is 0. The summed E-state index contributed by atoms with van der Waals surface area (Å²) < 4.78 is 5.56. The summed E-state index contributed by atoms with van der Waals surface area (Å²) in [5, 5.41) is 5.98. The minimum atomic E-state index is -0.923. The van der Waals surface area contributed by atoms with E-state index in [-0.39, 0.29) is 18.2 Å². The van der Waals surface area contributed by atoms with Crippen LogP contribution in [-0.2, 0) is 20.7 Å². The second kappa shape index (κ2) is 16.5. The Morgan fingerprint density at radius 1 is 0.837 bits per heavy atom. The molecule has 0 aliphatic carbocycles. The van der Waals surface area contributed by atoms with Crippen molar-refractivity contribution in [2.45, 2.75) is 130 Å². The zero-order valence-electron chi connectivity index (χ0n) is 28.0. The Morgan fingerprint density at radius 2 is 1.42 bits per heavy atom. The van der Waals surface area contributed by atoms with Gasteiger partial charge in [0.25, 0.3) is 0 Å². The van der Waals surface area contributed by atoms with Crippen LogP contribution in [0.3, 0.4) is 0 Å². The van der Waals surface area contributed by atoms with Gasteiger partial charge in [0.15, 0.2) is 0 Å². The van der Waals surface area contributed by atoms with Crippen LogP contribution in [0.4, 0.5) is 4.79 Å². The van der Waals surface area contributed by atoms with E-state index in [0.29, 0.717) is 6.54 Å². The second-order valence-corrected chi connectivity index (χ2v) is 13.8. The normalized spacial score (nSPS) is 13.1. The number of unbranched alkanes of at least 4 members (excludes halogenated alkanes) is 5. The molecule has 3 amide bonds. The lowest BCUT2D eigenvalue weighted by Gasteiger charge is -2.36. The fraction of sp³-hybridized carbons (Fsp3) is 0.583. The molecule has 2 unspecified atom stereocenters. The highest BCUT2D eigenvalue weighted by atomic mass is 16.6. The molecule has 2 aromatic rings. The highest BCUT2D eigenvalue weighted by molar-refractivity contribution is 5.92. The quantitative estimate of drug-likeness (QED) is 0.221. The minimum absolute atomic E-state index is 0.243. The van der Waals surface area contributed by atoms with Gasteiger partial charge in [0.1, 0.15) is 17.7 Å². The van der Waals surface area contributed by atoms with Crippen LogP contribution in [-0.4, -0.2) is 46.5 Å². The number of hydrogen-bond acceptors (Lipinski definition) is 4. The van der Waals surface area contributed by atoms with Gasteiger partial charge in [-0.25, -0.2) is 4.79 Å². The third kappa shape index (κ3) is 13.2. The number of benzene rings is 2. The van der Waals surface area contributed by atoms with Gasteiger partial charge >= 0.3 is 6.09 Å². The molecule has 2 atom stereocenters. The van der Waals surface area contributed by atoms with E-state index in [2.05, 4.69) is 23.6 Å². The molecule has 0 saturated heterocycles. The summed E-state index contributed by atoms with van der Waals surface area (Å²) in [4.78, 5) is 43.4. The maximum atomic E-state index is 14.6. The zero-order valence-corrected chi connectivity index (χ0v) is 28.0. The molecule has 0 heterocycles. The van der Waals surface area contributed by atoms with Crippen LogP contribution in [0.25, 0.3) is 0 Å². The van der Waals surface area contributed by atoms with Crippen LogP contribution >= 0.6 is 0 Å². The van der Waals surface area contributed by atoms with Crippen LogP contribution in [0, 0.1) is 13.8 Å². The maximum Gasteiger partial charge on any atom is 0.408 e. The van der Waals surface area contributed by atoms with E-state index in [1.807, 2.05) is 77.1 Å². The Bertz CT molecular complexity index is 1160. The van der Waals surface area contributed by atoms with Crippen molar-refractivity contribution in [1.82, 2.24) is 15.5 Å². The van der Waals surface area contributed by atoms with E-state index >= 15 is 0 Å². The molecule has 2 rings (SSSR count). The molecular weight excluding hydrogens is 538 g/mol. The van der Waals surface area contributed by atoms with Crippen molar-refractivity contribution in [3.63, 3.8) is 0 Å². The van der Waals surface area contributed by atoms with Crippen molar-refractivity contribution in [3.05, 3.63) is 70.8 Å². The Hall–Kier alpha value is -3.35.